The molecular formula is C33H34N4O7. The van der Waals surface area contributed by atoms with Gasteiger partial charge in [0.05, 0.1) is 12.8 Å². The molecule has 44 heavy (non-hydrogen) atoms. The van der Waals surface area contributed by atoms with Crippen molar-refractivity contribution in [3.63, 3.8) is 0 Å². The van der Waals surface area contributed by atoms with E-state index in [1.807, 2.05) is 66.7 Å². The molecule has 1 heterocycles. The summed E-state index contributed by atoms with van der Waals surface area (Å²) in [6.45, 7) is 0.146. The van der Waals surface area contributed by atoms with E-state index in [1.165, 1.54) is 36.0 Å². The largest absolute Gasteiger partial charge is 0.484 e. The first-order chi connectivity index (χ1) is 21.4. The second-order valence-electron chi connectivity index (χ2n) is 10.0. The fraction of sp³-hybridized carbons (Fsp3) is 0.242. The zero-order valence-corrected chi connectivity index (χ0v) is 24.1. The van der Waals surface area contributed by atoms with E-state index in [9.17, 15) is 19.2 Å². The van der Waals surface area contributed by atoms with Gasteiger partial charge in [0.2, 0.25) is 5.91 Å². The number of nitrogens with zero attached hydrogens (tertiary/aromatic N) is 2. The number of ether oxygens (including phenoxy) is 2. The number of rotatable bonds is 9. The van der Waals surface area contributed by atoms with Crippen LogP contribution >= 0.6 is 0 Å². The first-order valence-corrected chi connectivity index (χ1v) is 14.2. The van der Waals surface area contributed by atoms with Gasteiger partial charge >= 0.3 is 5.97 Å². The minimum atomic E-state index is -0.699. The van der Waals surface area contributed by atoms with Crippen molar-refractivity contribution in [2.24, 2.45) is 5.10 Å². The summed E-state index contributed by atoms with van der Waals surface area (Å²) in [6.07, 6.45) is 6.50. The maximum absolute atomic E-state index is 13.3. The smallest absolute Gasteiger partial charge is 0.306 e. The SMILES string of the molecule is O=C(COc1ccc(C(=O)N/N=C/c2cccc(CN3C[C@H](c4ccccc4)OC(=O)CC/C=C/CCC3=O)c2)cc1)NO. The number of hydrogen-bond acceptors (Lipinski definition) is 8. The number of carbonyl (C=O) groups excluding carboxylic acids is 4. The number of allylic oxidation sites excluding steroid dienone is 2. The summed E-state index contributed by atoms with van der Waals surface area (Å²) >= 11 is 0. The van der Waals surface area contributed by atoms with Crippen molar-refractivity contribution in [2.45, 2.75) is 38.3 Å². The molecule has 11 nitrogen and oxygen atoms in total. The summed E-state index contributed by atoms with van der Waals surface area (Å²) in [6, 6.07) is 22.9. The van der Waals surface area contributed by atoms with Gasteiger partial charge in [-0.3, -0.25) is 24.4 Å². The van der Waals surface area contributed by atoms with Gasteiger partial charge < -0.3 is 14.4 Å². The van der Waals surface area contributed by atoms with Gasteiger partial charge in [0.1, 0.15) is 11.9 Å². The standard InChI is InChI=1S/C33H34N4O7/c38-30(36-42)23-43-28-17-15-27(16-18-28)33(41)35-34-20-24-9-8-10-25(19-24)21-37-22-29(26-11-4-3-5-12-26)44-32(40)14-7-2-1-6-13-31(37)39/h1-5,8-12,15-20,29,42H,6-7,13-14,21-23H2,(H,35,41)(H,36,38)/b2-1+,34-20+/t29-/m1/s1. The molecule has 0 saturated carbocycles. The molecule has 3 amide bonds. The quantitative estimate of drug-likeness (QED) is 0.111. The molecule has 0 radical (unpaired) electrons. The van der Waals surface area contributed by atoms with Crippen molar-refractivity contribution in [2.75, 3.05) is 13.2 Å². The van der Waals surface area contributed by atoms with Crippen LogP contribution in [0.1, 0.15) is 58.8 Å². The molecule has 1 aliphatic heterocycles. The second kappa shape index (κ2) is 16.4. The third kappa shape index (κ3) is 9.92. The third-order valence-electron chi connectivity index (χ3n) is 6.71. The number of nitrogens with one attached hydrogen (secondary N) is 2. The van der Waals surface area contributed by atoms with E-state index in [2.05, 4.69) is 10.5 Å². The van der Waals surface area contributed by atoms with Gasteiger partial charge in [-0.25, -0.2) is 10.9 Å². The van der Waals surface area contributed by atoms with Crippen LogP contribution in [0.4, 0.5) is 0 Å². The minimum Gasteiger partial charge on any atom is -0.484 e. The van der Waals surface area contributed by atoms with E-state index in [-0.39, 0.29) is 31.4 Å². The number of carbonyl (C=O) groups is 4. The van der Waals surface area contributed by atoms with Crippen molar-refractivity contribution >= 4 is 29.9 Å². The Morgan fingerprint density at radius 2 is 1.73 bits per heavy atom. The van der Waals surface area contributed by atoms with Gasteiger partial charge in [-0.05, 0) is 59.9 Å². The number of hydroxylamine groups is 1. The lowest BCUT2D eigenvalue weighted by molar-refractivity contribution is -0.152. The molecule has 1 atom stereocenters. The first kappa shape index (κ1) is 31.6. The molecule has 0 saturated heterocycles. The summed E-state index contributed by atoms with van der Waals surface area (Å²) < 4.78 is 11.0. The van der Waals surface area contributed by atoms with E-state index in [1.54, 1.807) is 4.90 Å². The van der Waals surface area contributed by atoms with Crippen LogP contribution in [0, 0.1) is 0 Å². The van der Waals surface area contributed by atoms with Gasteiger partial charge in [-0.1, -0.05) is 60.7 Å². The number of benzene rings is 3. The van der Waals surface area contributed by atoms with Crippen LogP contribution in [0.2, 0.25) is 0 Å². The summed E-state index contributed by atoms with van der Waals surface area (Å²) in [5, 5.41) is 12.6. The Hall–Kier alpha value is -5.29. The van der Waals surface area contributed by atoms with Crippen LogP contribution in [0.15, 0.2) is 96.1 Å². The highest BCUT2D eigenvalue weighted by Crippen LogP contribution is 2.23. The zero-order chi connectivity index (χ0) is 31.1. The van der Waals surface area contributed by atoms with Crippen molar-refractivity contribution < 1.29 is 33.9 Å². The molecule has 0 aliphatic carbocycles. The summed E-state index contributed by atoms with van der Waals surface area (Å²) in [4.78, 5) is 51.2. The van der Waals surface area contributed by atoms with Gasteiger partial charge in [-0.15, -0.1) is 0 Å². The highest BCUT2D eigenvalue weighted by molar-refractivity contribution is 5.95. The number of hydrogen-bond donors (Lipinski definition) is 3. The van der Waals surface area contributed by atoms with Crippen LogP contribution in [0.25, 0.3) is 0 Å². The lowest BCUT2D eigenvalue weighted by Gasteiger charge is -2.28. The molecule has 1 aliphatic rings. The summed E-state index contributed by atoms with van der Waals surface area (Å²) in [5.41, 5.74) is 6.65. The Labute approximate surface area is 255 Å². The van der Waals surface area contributed by atoms with E-state index in [0.29, 0.717) is 42.7 Å². The molecule has 4 rings (SSSR count). The third-order valence-corrected chi connectivity index (χ3v) is 6.71. The van der Waals surface area contributed by atoms with Crippen LogP contribution in [-0.2, 0) is 25.7 Å². The molecule has 3 N–H and O–H groups in total. The van der Waals surface area contributed by atoms with Crippen LogP contribution in [-0.4, -0.2) is 53.2 Å². The normalized spacial score (nSPS) is 16.8. The van der Waals surface area contributed by atoms with Crippen LogP contribution in [0.3, 0.4) is 0 Å². The molecule has 0 unspecified atom stereocenters. The maximum Gasteiger partial charge on any atom is 0.306 e. The predicted octanol–water partition coefficient (Wildman–Crippen LogP) is 4.08. The lowest BCUT2D eigenvalue weighted by atomic mass is 10.1. The van der Waals surface area contributed by atoms with Gasteiger partial charge in [0.25, 0.3) is 11.8 Å². The highest BCUT2D eigenvalue weighted by Gasteiger charge is 2.24. The van der Waals surface area contributed by atoms with Crippen LogP contribution < -0.4 is 15.6 Å². The monoisotopic (exact) mass is 598 g/mol. The zero-order valence-electron chi connectivity index (χ0n) is 24.1. The molecule has 0 aromatic heterocycles. The highest BCUT2D eigenvalue weighted by atomic mass is 16.5. The predicted molar refractivity (Wildman–Crippen MR) is 162 cm³/mol. The van der Waals surface area contributed by atoms with E-state index in [0.717, 1.165) is 11.1 Å². The maximum atomic E-state index is 13.3. The van der Waals surface area contributed by atoms with Gasteiger partial charge in [0.15, 0.2) is 6.61 Å². The van der Waals surface area contributed by atoms with Crippen molar-refractivity contribution in [3.05, 3.63) is 113 Å². The van der Waals surface area contributed by atoms with Crippen molar-refractivity contribution in [3.8, 4) is 5.75 Å². The Morgan fingerprint density at radius 1 is 0.977 bits per heavy atom. The molecule has 0 fully saturated rings. The minimum absolute atomic E-state index is 0.0494. The Kier molecular flexibility index (Phi) is 11.8. The Bertz CT molecular complexity index is 1490. The van der Waals surface area contributed by atoms with E-state index >= 15 is 0 Å². The second-order valence-corrected chi connectivity index (χ2v) is 10.0. The average molecular weight is 599 g/mol. The topological polar surface area (TPSA) is 147 Å². The fourth-order valence-corrected chi connectivity index (χ4v) is 4.46. The molecular weight excluding hydrogens is 564 g/mol. The molecule has 0 spiro atoms. The molecule has 228 valence electrons. The average Bonchev–Trinajstić information content (AvgIpc) is 3.04. The Balaban J connectivity index is 1.42. The number of esters is 1. The van der Waals surface area contributed by atoms with Gasteiger partial charge in [-0.2, -0.15) is 5.10 Å². The number of hydrazone groups is 1. The molecule has 3 aromatic carbocycles. The summed E-state index contributed by atoms with van der Waals surface area (Å²) in [5.74, 6) is -1.15. The number of amides is 3. The van der Waals surface area contributed by atoms with E-state index < -0.39 is 17.9 Å². The molecule has 11 heteroatoms. The van der Waals surface area contributed by atoms with Crippen LogP contribution in [0.5, 0.6) is 5.75 Å². The Morgan fingerprint density at radius 3 is 2.48 bits per heavy atom. The molecule has 3 aromatic rings. The summed E-state index contributed by atoms with van der Waals surface area (Å²) in [7, 11) is 0. The van der Waals surface area contributed by atoms with E-state index in [4.69, 9.17) is 14.7 Å². The van der Waals surface area contributed by atoms with Gasteiger partial charge in [0, 0.05) is 24.9 Å². The lowest BCUT2D eigenvalue weighted by Crippen LogP contribution is -2.35. The number of cyclic esters (lactones) is 1. The van der Waals surface area contributed by atoms with Crippen molar-refractivity contribution in [1.82, 2.24) is 15.8 Å². The fourth-order valence-electron chi connectivity index (χ4n) is 4.46. The first-order valence-electron chi connectivity index (χ1n) is 14.2. The van der Waals surface area contributed by atoms with Crippen molar-refractivity contribution in [1.29, 1.82) is 0 Å². The molecule has 0 bridgehead atoms.